The van der Waals surface area contributed by atoms with Gasteiger partial charge in [0.1, 0.15) is 5.75 Å². The van der Waals surface area contributed by atoms with Crippen molar-refractivity contribution >= 4 is 18.0 Å². The molecule has 0 aliphatic carbocycles. The van der Waals surface area contributed by atoms with Crippen LogP contribution in [-0.4, -0.2) is 12.9 Å². The smallest absolute Gasteiger partial charge is 0.151 e. The van der Waals surface area contributed by atoms with Crippen molar-refractivity contribution in [2.45, 2.75) is 23.1 Å². The maximum absolute atomic E-state index is 11.0. The number of carbonyl (C=O) groups excluding carboxylic acids is 1. The van der Waals surface area contributed by atoms with Gasteiger partial charge in [0.25, 0.3) is 0 Å². The van der Waals surface area contributed by atoms with Crippen molar-refractivity contribution in [3.63, 3.8) is 0 Å². The second kappa shape index (κ2) is 7.00. The van der Waals surface area contributed by atoms with E-state index in [4.69, 9.17) is 4.74 Å². The molecule has 0 saturated heterocycles. The minimum Gasteiger partial charge on any atom is -0.492 e. The molecule has 0 heterocycles. The first-order valence-corrected chi connectivity index (χ1v) is 7.10. The molecule has 2 aromatic rings. The summed E-state index contributed by atoms with van der Waals surface area (Å²) in [5.74, 6) is 0.870. The number of hydrogen-bond donors (Lipinski definition) is 0. The van der Waals surface area contributed by atoms with Gasteiger partial charge in [-0.3, -0.25) is 4.79 Å². The molecule has 0 radical (unpaired) electrons. The van der Waals surface area contributed by atoms with Gasteiger partial charge in [0.15, 0.2) is 6.29 Å². The number of ether oxygens (including phenoxy) is 1. The molecule has 0 aromatic heterocycles. The van der Waals surface area contributed by atoms with Gasteiger partial charge in [-0.1, -0.05) is 49.0 Å². The first-order valence-electron chi connectivity index (χ1n) is 6.29. The van der Waals surface area contributed by atoms with Crippen molar-refractivity contribution in [3.05, 3.63) is 54.1 Å². The molecule has 0 spiro atoms. The molecule has 19 heavy (non-hydrogen) atoms. The number of para-hydroxylation sites is 1. The zero-order valence-electron chi connectivity index (χ0n) is 10.8. The maximum atomic E-state index is 11.0. The van der Waals surface area contributed by atoms with E-state index in [-0.39, 0.29) is 0 Å². The highest BCUT2D eigenvalue weighted by Gasteiger charge is 2.07. The SMILES string of the molecule is CCCOc1ccccc1Sc1ccccc1C=O. The third kappa shape index (κ3) is 3.61. The molecule has 0 amide bonds. The quantitative estimate of drug-likeness (QED) is 0.727. The molecule has 2 rings (SSSR count). The van der Waals surface area contributed by atoms with Crippen LogP contribution >= 0.6 is 11.8 Å². The highest BCUT2D eigenvalue weighted by atomic mass is 32.2. The van der Waals surface area contributed by atoms with Crippen LogP contribution in [0.25, 0.3) is 0 Å². The molecule has 0 atom stereocenters. The van der Waals surface area contributed by atoms with Gasteiger partial charge in [0.05, 0.1) is 11.5 Å². The Morgan fingerprint density at radius 1 is 1.05 bits per heavy atom. The molecule has 0 aliphatic heterocycles. The largest absolute Gasteiger partial charge is 0.492 e. The molecule has 98 valence electrons. The number of carbonyl (C=O) groups is 1. The second-order valence-electron chi connectivity index (χ2n) is 4.05. The van der Waals surface area contributed by atoms with Gasteiger partial charge < -0.3 is 4.74 Å². The Balaban J connectivity index is 2.25. The summed E-state index contributed by atoms with van der Waals surface area (Å²) in [7, 11) is 0. The van der Waals surface area contributed by atoms with Crippen molar-refractivity contribution in [2.24, 2.45) is 0 Å². The molecular weight excluding hydrogens is 256 g/mol. The van der Waals surface area contributed by atoms with Gasteiger partial charge >= 0.3 is 0 Å². The zero-order chi connectivity index (χ0) is 13.5. The van der Waals surface area contributed by atoms with E-state index in [2.05, 4.69) is 6.92 Å². The fourth-order valence-corrected chi connectivity index (χ4v) is 2.65. The Hall–Kier alpha value is -1.74. The van der Waals surface area contributed by atoms with Crippen molar-refractivity contribution < 1.29 is 9.53 Å². The van der Waals surface area contributed by atoms with Gasteiger partial charge in [0.2, 0.25) is 0 Å². The summed E-state index contributed by atoms with van der Waals surface area (Å²) in [6.07, 6.45) is 1.86. The lowest BCUT2D eigenvalue weighted by Crippen LogP contribution is -1.96. The van der Waals surface area contributed by atoms with E-state index >= 15 is 0 Å². The van der Waals surface area contributed by atoms with E-state index in [1.54, 1.807) is 11.8 Å². The lowest BCUT2D eigenvalue weighted by Gasteiger charge is -2.11. The molecular formula is C16H16O2S. The van der Waals surface area contributed by atoms with Crippen LogP contribution in [0, 0.1) is 0 Å². The van der Waals surface area contributed by atoms with Crippen LogP contribution in [0.15, 0.2) is 58.3 Å². The molecule has 2 aromatic carbocycles. The standard InChI is InChI=1S/C16H16O2S/c1-2-11-18-14-8-4-6-10-16(14)19-15-9-5-3-7-13(15)12-17/h3-10,12H,2,11H2,1H3. The van der Waals surface area contributed by atoms with Gasteiger partial charge in [0, 0.05) is 10.5 Å². The Labute approximate surface area is 117 Å². The van der Waals surface area contributed by atoms with Crippen LogP contribution in [0.4, 0.5) is 0 Å². The minimum absolute atomic E-state index is 0.701. The van der Waals surface area contributed by atoms with E-state index < -0.39 is 0 Å². The normalized spacial score (nSPS) is 10.2. The van der Waals surface area contributed by atoms with E-state index in [1.807, 2.05) is 48.5 Å². The molecule has 0 unspecified atom stereocenters. The van der Waals surface area contributed by atoms with Crippen molar-refractivity contribution in [2.75, 3.05) is 6.61 Å². The van der Waals surface area contributed by atoms with Crippen LogP contribution in [-0.2, 0) is 0 Å². The molecule has 0 N–H and O–H groups in total. The predicted octanol–water partition coefficient (Wildman–Crippen LogP) is 4.44. The molecule has 3 heteroatoms. The average Bonchev–Trinajstić information content (AvgIpc) is 2.47. The number of aldehydes is 1. The van der Waals surface area contributed by atoms with E-state index in [0.29, 0.717) is 12.2 Å². The fraction of sp³-hybridized carbons (Fsp3) is 0.188. The second-order valence-corrected chi connectivity index (χ2v) is 5.14. The Bertz CT molecular complexity index is 552. The van der Waals surface area contributed by atoms with Crippen LogP contribution < -0.4 is 4.74 Å². The average molecular weight is 272 g/mol. The van der Waals surface area contributed by atoms with E-state index in [1.165, 1.54) is 0 Å². The Kier molecular flexibility index (Phi) is 5.04. The highest BCUT2D eigenvalue weighted by molar-refractivity contribution is 7.99. The molecule has 0 saturated carbocycles. The summed E-state index contributed by atoms with van der Waals surface area (Å²) >= 11 is 1.56. The van der Waals surface area contributed by atoms with Crippen LogP contribution in [0.5, 0.6) is 5.75 Å². The van der Waals surface area contributed by atoms with Crippen molar-refractivity contribution in [1.29, 1.82) is 0 Å². The Morgan fingerprint density at radius 3 is 2.47 bits per heavy atom. The predicted molar refractivity (Wildman–Crippen MR) is 78.2 cm³/mol. The zero-order valence-corrected chi connectivity index (χ0v) is 11.7. The number of rotatable bonds is 6. The third-order valence-electron chi connectivity index (χ3n) is 2.58. The maximum Gasteiger partial charge on any atom is 0.151 e. The summed E-state index contributed by atoms with van der Waals surface area (Å²) < 4.78 is 5.72. The summed E-state index contributed by atoms with van der Waals surface area (Å²) in [5.41, 5.74) is 0.706. The van der Waals surface area contributed by atoms with Gasteiger partial charge in [-0.15, -0.1) is 0 Å². The Morgan fingerprint density at radius 2 is 1.74 bits per heavy atom. The third-order valence-corrected chi connectivity index (χ3v) is 3.73. The molecule has 0 fully saturated rings. The van der Waals surface area contributed by atoms with E-state index in [0.717, 1.165) is 28.2 Å². The summed E-state index contributed by atoms with van der Waals surface area (Å²) in [6, 6.07) is 15.5. The first-order chi connectivity index (χ1) is 9.35. The summed E-state index contributed by atoms with van der Waals surface area (Å²) in [4.78, 5) is 13.0. The minimum atomic E-state index is 0.701. The van der Waals surface area contributed by atoms with Crippen LogP contribution in [0.2, 0.25) is 0 Å². The van der Waals surface area contributed by atoms with Crippen LogP contribution in [0.3, 0.4) is 0 Å². The van der Waals surface area contributed by atoms with Gasteiger partial charge in [-0.25, -0.2) is 0 Å². The first kappa shape index (κ1) is 13.7. The fourth-order valence-electron chi connectivity index (χ4n) is 1.66. The van der Waals surface area contributed by atoms with E-state index in [9.17, 15) is 4.79 Å². The van der Waals surface area contributed by atoms with Crippen molar-refractivity contribution in [3.8, 4) is 5.75 Å². The number of benzene rings is 2. The summed E-state index contributed by atoms with van der Waals surface area (Å²) in [6.45, 7) is 2.78. The van der Waals surface area contributed by atoms with Crippen LogP contribution in [0.1, 0.15) is 23.7 Å². The van der Waals surface area contributed by atoms with Crippen molar-refractivity contribution in [1.82, 2.24) is 0 Å². The van der Waals surface area contributed by atoms with Gasteiger partial charge in [-0.2, -0.15) is 0 Å². The molecule has 0 aliphatic rings. The highest BCUT2D eigenvalue weighted by Crippen LogP contribution is 2.36. The summed E-state index contributed by atoms with van der Waals surface area (Å²) in [5, 5.41) is 0. The lowest BCUT2D eigenvalue weighted by molar-refractivity contribution is 0.112. The topological polar surface area (TPSA) is 26.3 Å². The lowest BCUT2D eigenvalue weighted by atomic mass is 10.2. The molecule has 2 nitrogen and oxygen atoms in total. The molecule has 0 bridgehead atoms. The number of hydrogen-bond acceptors (Lipinski definition) is 3. The van der Waals surface area contributed by atoms with Gasteiger partial charge in [-0.05, 0) is 24.6 Å². The monoisotopic (exact) mass is 272 g/mol.